The number of hydrogen-bond acceptors (Lipinski definition) is 6. The smallest absolute Gasteiger partial charge is 0.364 e. The van der Waals surface area contributed by atoms with Gasteiger partial charge in [0.15, 0.2) is 5.65 Å². The van der Waals surface area contributed by atoms with Gasteiger partial charge in [-0.1, -0.05) is 13.8 Å². The number of nitrogens with one attached hydrogen (secondary N) is 1. The minimum atomic E-state index is -3.44. The molecular weight excluding hydrogens is 269 g/mol. The lowest BCUT2D eigenvalue weighted by molar-refractivity contribution is 0.592. The maximum atomic E-state index is 11.6. The zero-order valence-corrected chi connectivity index (χ0v) is 13.5. The maximum absolute atomic E-state index is 11.6. The van der Waals surface area contributed by atoms with Crippen LogP contribution in [0.4, 0.5) is 5.95 Å². The van der Waals surface area contributed by atoms with Gasteiger partial charge in [-0.05, 0) is 5.92 Å². The molecular formula is C9H14AlN5O2S. The molecule has 0 saturated heterocycles. The van der Waals surface area contributed by atoms with Gasteiger partial charge >= 0.3 is 16.5 Å². The molecule has 0 fully saturated rings. The Hall–Kier alpha value is -1.17. The van der Waals surface area contributed by atoms with Gasteiger partial charge in [0, 0.05) is 11.8 Å². The molecule has 0 radical (unpaired) electrons. The summed E-state index contributed by atoms with van der Waals surface area (Å²) in [5.74, 6) is 0.630. The van der Waals surface area contributed by atoms with E-state index in [1.165, 1.54) is 4.52 Å². The molecule has 18 heavy (non-hydrogen) atoms. The normalized spacial score (nSPS) is 12.2. The average molecular weight is 283 g/mol. The van der Waals surface area contributed by atoms with E-state index >= 15 is 0 Å². The number of aromatic nitrogens is 4. The van der Waals surface area contributed by atoms with Crippen molar-refractivity contribution in [3.63, 3.8) is 0 Å². The topological polar surface area (TPSA) is 89.2 Å². The molecule has 0 saturated carbocycles. The highest BCUT2D eigenvalue weighted by molar-refractivity contribution is 7.90. The molecule has 0 spiro atoms. The lowest BCUT2D eigenvalue weighted by Gasteiger charge is -2.07. The summed E-state index contributed by atoms with van der Waals surface area (Å²) in [4.78, 5) is 8.10. The zero-order chi connectivity index (χ0) is 13.5. The third-order valence-electron chi connectivity index (χ3n) is 2.55. The van der Waals surface area contributed by atoms with Crippen molar-refractivity contribution in [1.29, 1.82) is 0 Å². The first-order chi connectivity index (χ1) is 8.34. The summed E-state index contributed by atoms with van der Waals surface area (Å²) in [7, 11) is -3.44. The molecule has 0 aliphatic carbocycles. The van der Waals surface area contributed by atoms with E-state index in [0.29, 0.717) is 28.1 Å². The van der Waals surface area contributed by atoms with Gasteiger partial charge in [-0.2, -0.15) is 19.6 Å². The molecule has 0 aliphatic rings. The Balaban J connectivity index is 2.83. The largest absolute Gasteiger partial charge is 0.451 e. The lowest BCUT2D eigenvalue weighted by Crippen LogP contribution is -2.12. The second kappa shape index (κ2) is 4.50. The van der Waals surface area contributed by atoms with Crippen LogP contribution in [0.25, 0.3) is 5.65 Å². The SMILES string of the molecule is CC(C)c1cnn2c([NH][AlH2])nc(S(C)(=O)=O)nc12. The molecule has 1 N–H and O–H groups in total. The summed E-state index contributed by atoms with van der Waals surface area (Å²) < 4.78 is 27.7. The summed E-state index contributed by atoms with van der Waals surface area (Å²) in [5, 5.41) is 4.02. The first-order valence-electron chi connectivity index (χ1n) is 5.48. The van der Waals surface area contributed by atoms with E-state index in [0.717, 1.165) is 11.8 Å². The van der Waals surface area contributed by atoms with Crippen LogP contribution in [0.1, 0.15) is 25.3 Å². The molecule has 0 amide bonds. The standard InChI is InChI=1S/C9H12N5O2S.Al.2H/c1-5(2)6-4-11-14-7(6)12-9(13-8(14)10)17(3,15)16;;;/h4-5H,1-3H3,(H-,10,12,13);;;/q-1;+1;;. The van der Waals surface area contributed by atoms with Crippen LogP contribution in [0, 0.1) is 0 Å². The minimum absolute atomic E-state index is 0.171. The number of anilines is 1. The molecule has 2 heterocycles. The molecule has 0 unspecified atom stereocenters. The Kier molecular flexibility index (Phi) is 3.31. The van der Waals surface area contributed by atoms with E-state index in [4.69, 9.17) is 0 Å². The van der Waals surface area contributed by atoms with Crippen molar-refractivity contribution in [3.05, 3.63) is 11.8 Å². The molecule has 2 rings (SSSR count). The predicted molar refractivity (Wildman–Crippen MR) is 70.1 cm³/mol. The number of hydrogen-bond donors (Lipinski definition) is 1. The van der Waals surface area contributed by atoms with Crippen molar-refractivity contribution < 1.29 is 8.42 Å². The minimum Gasteiger partial charge on any atom is -0.451 e. The van der Waals surface area contributed by atoms with E-state index in [-0.39, 0.29) is 11.1 Å². The van der Waals surface area contributed by atoms with Crippen LogP contribution in [0.15, 0.2) is 11.4 Å². The molecule has 2 aromatic rings. The quantitative estimate of drug-likeness (QED) is 0.772. The summed E-state index contributed by atoms with van der Waals surface area (Å²) in [6.07, 6.45) is 2.80. The van der Waals surface area contributed by atoms with Crippen molar-refractivity contribution in [2.24, 2.45) is 0 Å². The van der Waals surface area contributed by atoms with Crippen molar-refractivity contribution in [2.75, 3.05) is 10.6 Å². The van der Waals surface area contributed by atoms with Gasteiger partial charge in [0.25, 0.3) is 5.16 Å². The van der Waals surface area contributed by atoms with Crippen LogP contribution in [-0.2, 0) is 9.84 Å². The summed E-state index contributed by atoms with van der Waals surface area (Å²) in [6, 6.07) is 0. The van der Waals surface area contributed by atoms with Gasteiger partial charge in [0.2, 0.25) is 15.8 Å². The fourth-order valence-corrected chi connectivity index (χ4v) is 2.44. The van der Waals surface area contributed by atoms with E-state index in [9.17, 15) is 8.42 Å². The van der Waals surface area contributed by atoms with E-state index in [1.54, 1.807) is 6.20 Å². The van der Waals surface area contributed by atoms with Gasteiger partial charge in [0.1, 0.15) is 0 Å². The highest BCUT2D eigenvalue weighted by atomic mass is 32.2. The number of nitrogens with zero attached hydrogens (tertiary/aromatic N) is 4. The summed E-state index contributed by atoms with van der Waals surface area (Å²) in [5.41, 5.74) is 1.44. The highest BCUT2D eigenvalue weighted by Gasteiger charge is 2.18. The molecule has 9 heteroatoms. The van der Waals surface area contributed by atoms with Gasteiger partial charge in [-0.3, -0.25) is 0 Å². The Labute approximate surface area is 113 Å². The van der Waals surface area contributed by atoms with Crippen molar-refractivity contribution in [2.45, 2.75) is 24.9 Å². The lowest BCUT2D eigenvalue weighted by atomic mass is 10.1. The summed E-state index contributed by atoms with van der Waals surface area (Å²) >= 11 is 0.641. The number of rotatable bonds is 3. The second-order valence-corrected chi connectivity index (χ2v) is 6.75. The maximum Gasteiger partial charge on any atom is 0.364 e. The Morgan fingerprint density at radius 2 is 2.06 bits per heavy atom. The third kappa shape index (κ3) is 2.21. The Bertz CT molecular complexity index is 694. The van der Waals surface area contributed by atoms with Crippen LogP contribution in [0.2, 0.25) is 0 Å². The van der Waals surface area contributed by atoms with Gasteiger partial charge in [-0.25, -0.2) is 8.42 Å². The molecule has 0 aliphatic heterocycles. The fraction of sp³-hybridized carbons (Fsp3) is 0.444. The number of fused-ring (bicyclic) bond motifs is 1. The number of sulfone groups is 1. The molecule has 7 nitrogen and oxygen atoms in total. The van der Waals surface area contributed by atoms with E-state index in [2.05, 4.69) is 19.4 Å². The Morgan fingerprint density at radius 1 is 1.39 bits per heavy atom. The van der Waals surface area contributed by atoms with Crippen LogP contribution >= 0.6 is 0 Å². The van der Waals surface area contributed by atoms with Crippen LogP contribution in [0.5, 0.6) is 0 Å². The zero-order valence-electron chi connectivity index (χ0n) is 10.7. The third-order valence-corrected chi connectivity index (χ3v) is 3.85. The van der Waals surface area contributed by atoms with Gasteiger partial charge in [-0.15, -0.1) is 0 Å². The first kappa shape index (κ1) is 13.3. The molecule has 0 aromatic carbocycles. The van der Waals surface area contributed by atoms with Crippen molar-refractivity contribution >= 4 is 37.9 Å². The van der Waals surface area contributed by atoms with Gasteiger partial charge < -0.3 is 4.30 Å². The monoisotopic (exact) mass is 283 g/mol. The van der Waals surface area contributed by atoms with Crippen molar-refractivity contribution in [1.82, 2.24) is 19.6 Å². The summed E-state index contributed by atoms with van der Waals surface area (Å²) in [6.45, 7) is 4.01. The van der Waals surface area contributed by atoms with Gasteiger partial charge in [0.05, 0.1) is 6.20 Å². The van der Waals surface area contributed by atoms with Crippen molar-refractivity contribution in [3.8, 4) is 0 Å². The molecule has 96 valence electrons. The second-order valence-electron chi connectivity index (χ2n) is 4.34. The highest BCUT2D eigenvalue weighted by Crippen LogP contribution is 2.21. The van der Waals surface area contributed by atoms with E-state index < -0.39 is 9.84 Å². The van der Waals surface area contributed by atoms with E-state index in [1.807, 2.05) is 13.8 Å². The van der Waals surface area contributed by atoms with Crippen LogP contribution < -0.4 is 4.30 Å². The Morgan fingerprint density at radius 3 is 2.56 bits per heavy atom. The van der Waals surface area contributed by atoms with Crippen LogP contribution in [-0.4, -0.2) is 50.8 Å². The molecule has 0 atom stereocenters. The average Bonchev–Trinajstić information content (AvgIpc) is 2.69. The first-order valence-corrected chi connectivity index (χ1v) is 8.37. The van der Waals surface area contributed by atoms with Crippen LogP contribution in [0.3, 0.4) is 0 Å². The molecule has 0 bridgehead atoms. The predicted octanol–water partition coefficient (Wildman–Crippen LogP) is -0.389. The fourth-order valence-electron chi connectivity index (χ4n) is 1.61. The molecule has 2 aromatic heterocycles.